The number of rotatable bonds is 3. The van der Waals surface area contributed by atoms with E-state index in [1.54, 1.807) is 0 Å². The molecule has 92 valence electrons. The fraction of sp³-hybridized carbons (Fsp3) is 0.462. The van der Waals surface area contributed by atoms with E-state index in [2.05, 4.69) is 17.0 Å². The maximum Gasteiger partial charge on any atom is 0.334 e. The van der Waals surface area contributed by atoms with Crippen LogP contribution in [0.3, 0.4) is 0 Å². The Morgan fingerprint density at radius 3 is 2.88 bits per heavy atom. The van der Waals surface area contributed by atoms with Crippen LogP contribution in [0.4, 0.5) is 0 Å². The molecule has 1 fully saturated rings. The van der Waals surface area contributed by atoms with Crippen molar-refractivity contribution in [1.82, 2.24) is 4.90 Å². The molecular weight excluding hydrogens is 218 g/mol. The third-order valence-corrected chi connectivity index (χ3v) is 2.89. The van der Waals surface area contributed by atoms with Gasteiger partial charge in [0.05, 0.1) is 0 Å². The van der Waals surface area contributed by atoms with Crippen LogP contribution < -0.4 is 0 Å². The SMILES string of the molecule is O=C(O)[C@@H]1CN(Cc2ccccc2)CCCO1. The lowest BCUT2D eigenvalue weighted by Crippen LogP contribution is -2.36. The van der Waals surface area contributed by atoms with Gasteiger partial charge in [0, 0.05) is 26.2 Å². The molecular formula is C13H17NO3. The highest BCUT2D eigenvalue weighted by Crippen LogP contribution is 2.10. The van der Waals surface area contributed by atoms with Crippen molar-refractivity contribution in [3.05, 3.63) is 35.9 Å². The van der Waals surface area contributed by atoms with Crippen molar-refractivity contribution in [3.8, 4) is 0 Å². The molecule has 0 aliphatic carbocycles. The molecule has 0 aromatic heterocycles. The number of aliphatic carboxylic acids is 1. The molecule has 1 aromatic rings. The van der Waals surface area contributed by atoms with Gasteiger partial charge in [-0.05, 0) is 12.0 Å². The van der Waals surface area contributed by atoms with Crippen molar-refractivity contribution in [2.24, 2.45) is 0 Å². The molecule has 1 saturated heterocycles. The van der Waals surface area contributed by atoms with E-state index in [9.17, 15) is 4.79 Å². The Morgan fingerprint density at radius 1 is 1.41 bits per heavy atom. The lowest BCUT2D eigenvalue weighted by Gasteiger charge is -2.21. The zero-order valence-corrected chi connectivity index (χ0v) is 9.71. The number of carboxylic acids is 1. The molecule has 0 unspecified atom stereocenters. The van der Waals surface area contributed by atoms with Gasteiger partial charge in [0.2, 0.25) is 0 Å². The average molecular weight is 235 g/mol. The van der Waals surface area contributed by atoms with E-state index >= 15 is 0 Å². The molecule has 17 heavy (non-hydrogen) atoms. The fourth-order valence-electron chi connectivity index (χ4n) is 2.03. The smallest absolute Gasteiger partial charge is 0.334 e. The number of benzene rings is 1. The zero-order valence-electron chi connectivity index (χ0n) is 9.71. The van der Waals surface area contributed by atoms with Crippen molar-refractivity contribution < 1.29 is 14.6 Å². The highest BCUT2D eigenvalue weighted by atomic mass is 16.5. The van der Waals surface area contributed by atoms with Gasteiger partial charge in [-0.2, -0.15) is 0 Å². The van der Waals surface area contributed by atoms with Crippen LogP contribution in [0.15, 0.2) is 30.3 Å². The average Bonchev–Trinajstić information content (AvgIpc) is 2.56. The van der Waals surface area contributed by atoms with Crippen molar-refractivity contribution in [2.45, 2.75) is 19.1 Å². The minimum absolute atomic E-state index is 0.463. The predicted molar refractivity (Wildman–Crippen MR) is 63.7 cm³/mol. The van der Waals surface area contributed by atoms with Crippen LogP contribution >= 0.6 is 0 Å². The molecule has 2 rings (SSSR count). The van der Waals surface area contributed by atoms with Crippen molar-refractivity contribution in [1.29, 1.82) is 0 Å². The number of carboxylic acid groups (broad SMARTS) is 1. The van der Waals surface area contributed by atoms with Gasteiger partial charge in [-0.25, -0.2) is 4.79 Å². The Balaban J connectivity index is 1.97. The molecule has 4 nitrogen and oxygen atoms in total. The summed E-state index contributed by atoms with van der Waals surface area (Å²) in [7, 11) is 0. The number of ether oxygens (including phenoxy) is 1. The summed E-state index contributed by atoms with van der Waals surface area (Å²) in [5, 5.41) is 9.00. The Hall–Kier alpha value is -1.39. The van der Waals surface area contributed by atoms with Crippen LogP contribution in [0.25, 0.3) is 0 Å². The standard InChI is InChI=1S/C13H17NO3/c15-13(16)12-10-14(7-4-8-17-12)9-11-5-2-1-3-6-11/h1-3,5-6,12H,4,7-10H2,(H,15,16)/t12-/m0/s1. The zero-order chi connectivity index (χ0) is 12.1. The first-order chi connectivity index (χ1) is 8.25. The second-order valence-corrected chi connectivity index (χ2v) is 4.27. The fourth-order valence-corrected chi connectivity index (χ4v) is 2.03. The molecule has 4 heteroatoms. The van der Waals surface area contributed by atoms with Gasteiger partial charge in [0.1, 0.15) is 0 Å². The molecule has 1 heterocycles. The molecule has 0 saturated carbocycles. The predicted octanol–water partition coefficient (Wildman–Crippen LogP) is 1.36. The summed E-state index contributed by atoms with van der Waals surface area (Å²) in [4.78, 5) is 13.1. The second kappa shape index (κ2) is 5.80. The van der Waals surface area contributed by atoms with E-state index in [0.29, 0.717) is 13.2 Å². The van der Waals surface area contributed by atoms with E-state index in [0.717, 1.165) is 19.5 Å². The lowest BCUT2D eigenvalue weighted by molar-refractivity contribution is -0.150. The summed E-state index contributed by atoms with van der Waals surface area (Å²) >= 11 is 0. The highest BCUT2D eigenvalue weighted by Gasteiger charge is 2.24. The summed E-state index contributed by atoms with van der Waals surface area (Å²) in [6.45, 7) is 2.67. The number of hydrogen-bond acceptors (Lipinski definition) is 3. The van der Waals surface area contributed by atoms with Crippen molar-refractivity contribution in [2.75, 3.05) is 19.7 Å². The normalized spacial score (nSPS) is 22.0. The summed E-state index contributed by atoms with van der Waals surface area (Å²) in [5.41, 5.74) is 1.21. The molecule has 0 spiro atoms. The third kappa shape index (κ3) is 3.54. The number of carbonyl (C=O) groups is 1. The first kappa shape index (κ1) is 12.1. The topological polar surface area (TPSA) is 49.8 Å². The molecule has 1 aliphatic rings. The second-order valence-electron chi connectivity index (χ2n) is 4.27. The minimum atomic E-state index is -0.870. The van der Waals surface area contributed by atoms with Crippen LogP contribution in [0.2, 0.25) is 0 Å². The van der Waals surface area contributed by atoms with Gasteiger partial charge < -0.3 is 9.84 Å². The summed E-state index contributed by atoms with van der Waals surface area (Å²) in [6, 6.07) is 10.1. The largest absolute Gasteiger partial charge is 0.479 e. The van der Waals surface area contributed by atoms with Crippen LogP contribution in [0.5, 0.6) is 0 Å². The van der Waals surface area contributed by atoms with Crippen molar-refractivity contribution in [3.63, 3.8) is 0 Å². The van der Waals surface area contributed by atoms with E-state index in [1.807, 2.05) is 18.2 Å². The molecule has 1 atom stereocenters. The summed E-state index contributed by atoms with van der Waals surface area (Å²) < 4.78 is 5.29. The van der Waals surface area contributed by atoms with Gasteiger partial charge >= 0.3 is 5.97 Å². The number of nitrogens with zero attached hydrogens (tertiary/aromatic N) is 1. The van der Waals surface area contributed by atoms with Gasteiger partial charge in [-0.1, -0.05) is 30.3 Å². The Bertz CT molecular complexity index is 366. The first-order valence-electron chi connectivity index (χ1n) is 5.86. The molecule has 1 N–H and O–H groups in total. The first-order valence-corrected chi connectivity index (χ1v) is 5.86. The van der Waals surface area contributed by atoms with Crippen molar-refractivity contribution >= 4 is 5.97 Å². The van der Waals surface area contributed by atoms with E-state index in [-0.39, 0.29) is 0 Å². The Labute approximate surface area is 101 Å². The Morgan fingerprint density at radius 2 is 2.18 bits per heavy atom. The summed E-state index contributed by atoms with van der Waals surface area (Å²) in [6.07, 6.45) is 0.192. The van der Waals surface area contributed by atoms with Gasteiger partial charge in [-0.3, -0.25) is 4.90 Å². The van der Waals surface area contributed by atoms with E-state index in [4.69, 9.17) is 9.84 Å². The molecule has 1 aromatic carbocycles. The van der Waals surface area contributed by atoms with Crippen LogP contribution in [-0.2, 0) is 16.1 Å². The van der Waals surface area contributed by atoms with Crippen LogP contribution in [-0.4, -0.2) is 41.8 Å². The van der Waals surface area contributed by atoms with Gasteiger partial charge in [0.25, 0.3) is 0 Å². The number of hydrogen-bond donors (Lipinski definition) is 1. The highest BCUT2D eigenvalue weighted by molar-refractivity contribution is 5.72. The van der Waals surface area contributed by atoms with E-state index < -0.39 is 12.1 Å². The quantitative estimate of drug-likeness (QED) is 0.859. The van der Waals surface area contributed by atoms with Crippen LogP contribution in [0.1, 0.15) is 12.0 Å². The van der Waals surface area contributed by atoms with Gasteiger partial charge in [-0.15, -0.1) is 0 Å². The lowest BCUT2D eigenvalue weighted by atomic mass is 10.2. The molecule has 1 aliphatic heterocycles. The third-order valence-electron chi connectivity index (χ3n) is 2.89. The molecule has 0 amide bonds. The van der Waals surface area contributed by atoms with E-state index in [1.165, 1.54) is 5.56 Å². The molecule has 0 radical (unpaired) electrons. The Kier molecular flexibility index (Phi) is 4.12. The summed E-state index contributed by atoms with van der Waals surface area (Å²) in [5.74, 6) is -0.870. The van der Waals surface area contributed by atoms with Crippen LogP contribution in [0, 0.1) is 0 Å². The maximum absolute atomic E-state index is 11.0. The monoisotopic (exact) mass is 235 g/mol. The molecule has 0 bridgehead atoms. The minimum Gasteiger partial charge on any atom is -0.479 e. The maximum atomic E-state index is 11.0. The van der Waals surface area contributed by atoms with Gasteiger partial charge in [0.15, 0.2) is 6.10 Å².